The van der Waals surface area contributed by atoms with Crippen LogP contribution in [-0.4, -0.2) is 79.0 Å². The Morgan fingerprint density at radius 2 is 1.97 bits per heavy atom. The van der Waals surface area contributed by atoms with Crippen LogP contribution in [-0.2, 0) is 28.5 Å². The Morgan fingerprint density at radius 3 is 2.62 bits per heavy atom. The Labute approximate surface area is 223 Å². The second kappa shape index (κ2) is 10.3. The molecule has 14 nitrogen and oxygen atoms in total. The highest BCUT2D eigenvalue weighted by Gasteiger charge is 2.28. The molecule has 5 heterocycles. The molecule has 2 N–H and O–H groups in total. The maximum atomic E-state index is 12.6. The molecule has 1 aliphatic rings. The lowest BCUT2D eigenvalue weighted by atomic mass is 9.88. The van der Waals surface area contributed by atoms with Gasteiger partial charge in [0.15, 0.2) is 21.3 Å². The van der Waals surface area contributed by atoms with E-state index in [1.54, 1.807) is 33.9 Å². The van der Waals surface area contributed by atoms with Crippen LogP contribution >= 0.6 is 0 Å². The number of pyridine rings is 1. The lowest BCUT2D eigenvalue weighted by Crippen LogP contribution is -2.50. The van der Waals surface area contributed by atoms with Crippen LogP contribution in [0.2, 0.25) is 0 Å². The molecular formula is C24H28N8O6S. The van der Waals surface area contributed by atoms with Gasteiger partial charge in [-0.05, 0) is 17.5 Å². The fraction of sp³-hybridized carbons (Fsp3) is 0.417. The minimum atomic E-state index is -3.04. The fourth-order valence-corrected chi connectivity index (χ4v) is 5.35. The average Bonchev–Trinajstić information content (AvgIpc) is 3.53. The fourth-order valence-electron chi connectivity index (χ4n) is 4.15. The number of carbonyl (C=O) groups is 1. The molecule has 39 heavy (non-hydrogen) atoms. The van der Waals surface area contributed by atoms with Gasteiger partial charge >= 0.3 is 0 Å². The molecular weight excluding hydrogens is 528 g/mol. The number of ether oxygens (including phenoxy) is 1. The monoisotopic (exact) mass is 556 g/mol. The van der Waals surface area contributed by atoms with Crippen molar-refractivity contribution in [1.29, 1.82) is 0 Å². The molecule has 0 bridgehead atoms. The summed E-state index contributed by atoms with van der Waals surface area (Å²) < 4.78 is 35.9. The average molecular weight is 557 g/mol. The smallest absolute Gasteiger partial charge is 0.267 e. The molecule has 5 rings (SSSR count). The zero-order valence-electron chi connectivity index (χ0n) is 21.7. The third-order valence-corrected chi connectivity index (χ3v) is 7.77. The summed E-state index contributed by atoms with van der Waals surface area (Å²) in [5.74, 6) is 0.642. The van der Waals surface area contributed by atoms with Crippen molar-refractivity contribution in [3.8, 4) is 17.4 Å². The molecule has 15 heteroatoms. The summed E-state index contributed by atoms with van der Waals surface area (Å²) in [6, 6.07) is 4.88. The zero-order chi connectivity index (χ0) is 27.8. The van der Waals surface area contributed by atoms with E-state index in [2.05, 4.69) is 30.9 Å². The van der Waals surface area contributed by atoms with Gasteiger partial charge in [0.25, 0.3) is 5.91 Å². The maximum absolute atomic E-state index is 12.6. The predicted molar refractivity (Wildman–Crippen MR) is 137 cm³/mol. The summed E-state index contributed by atoms with van der Waals surface area (Å²) in [6.45, 7) is 6.37. The molecule has 1 amide bonds. The van der Waals surface area contributed by atoms with Crippen molar-refractivity contribution in [2.45, 2.75) is 39.4 Å². The van der Waals surface area contributed by atoms with Crippen LogP contribution < -0.4 is 10.2 Å². The number of rotatable bonds is 7. The molecule has 1 aliphatic heterocycles. The molecule has 0 spiro atoms. The maximum Gasteiger partial charge on any atom is 0.267 e. The van der Waals surface area contributed by atoms with Crippen molar-refractivity contribution in [3.05, 3.63) is 53.2 Å². The van der Waals surface area contributed by atoms with Gasteiger partial charge in [0.1, 0.15) is 13.2 Å². The van der Waals surface area contributed by atoms with Crippen molar-refractivity contribution in [1.82, 2.24) is 40.4 Å². The summed E-state index contributed by atoms with van der Waals surface area (Å²) in [5.41, 5.74) is 5.14. The van der Waals surface area contributed by atoms with Gasteiger partial charge in [0, 0.05) is 30.9 Å². The third kappa shape index (κ3) is 5.74. The number of hydrogen-bond acceptors (Lipinski definition) is 12. The van der Waals surface area contributed by atoms with E-state index in [9.17, 15) is 18.3 Å². The minimum Gasteiger partial charge on any atom is -0.470 e. The number of fused-ring (bicyclic) bond motifs is 1. The van der Waals surface area contributed by atoms with Gasteiger partial charge in [-0.3, -0.25) is 15.2 Å². The van der Waals surface area contributed by atoms with E-state index in [0.29, 0.717) is 34.2 Å². The molecule has 0 radical (unpaired) electrons. The first-order valence-electron chi connectivity index (χ1n) is 12.2. The molecule has 1 fully saturated rings. The van der Waals surface area contributed by atoms with Crippen LogP contribution in [0.25, 0.3) is 17.0 Å². The highest BCUT2D eigenvalue weighted by molar-refractivity contribution is 7.91. The normalized spacial score (nSPS) is 15.9. The van der Waals surface area contributed by atoms with E-state index in [1.807, 2.05) is 20.8 Å². The Kier molecular flexibility index (Phi) is 7.05. The van der Waals surface area contributed by atoms with Crippen LogP contribution in [0, 0.1) is 0 Å². The molecule has 0 saturated carbocycles. The first-order valence-corrected chi connectivity index (χ1v) is 14.0. The number of aromatic nitrogens is 6. The Balaban J connectivity index is 1.33. The summed E-state index contributed by atoms with van der Waals surface area (Å²) >= 11 is 0. The van der Waals surface area contributed by atoms with Crippen LogP contribution in [0.3, 0.4) is 0 Å². The number of nitrogens with zero attached hydrogens (tertiary/aromatic N) is 7. The van der Waals surface area contributed by atoms with Gasteiger partial charge in [0.2, 0.25) is 11.7 Å². The second-order valence-corrected chi connectivity index (χ2v) is 12.4. The van der Waals surface area contributed by atoms with Gasteiger partial charge in [0.05, 0.1) is 34.5 Å². The summed E-state index contributed by atoms with van der Waals surface area (Å²) in [6.07, 6.45) is 3.04. The Hall–Kier alpha value is -3.95. The van der Waals surface area contributed by atoms with Crippen molar-refractivity contribution >= 4 is 21.3 Å². The number of nitrogens with one attached hydrogen (secondary N) is 1. The van der Waals surface area contributed by atoms with E-state index in [4.69, 9.17) is 9.26 Å². The van der Waals surface area contributed by atoms with E-state index >= 15 is 0 Å². The predicted octanol–water partition coefficient (Wildman–Crippen LogP) is 0.918. The van der Waals surface area contributed by atoms with Gasteiger partial charge in [-0.1, -0.05) is 25.9 Å². The summed E-state index contributed by atoms with van der Waals surface area (Å²) in [5, 5.41) is 27.8. The molecule has 0 atom stereocenters. The van der Waals surface area contributed by atoms with Crippen molar-refractivity contribution in [2.75, 3.05) is 24.6 Å². The highest BCUT2D eigenvalue weighted by Crippen LogP contribution is 2.36. The largest absolute Gasteiger partial charge is 0.470 e. The van der Waals surface area contributed by atoms with E-state index in [1.165, 1.54) is 6.20 Å². The molecule has 0 unspecified atom stereocenters. The molecule has 1 saturated heterocycles. The number of hydrazine groups is 1. The van der Waals surface area contributed by atoms with Crippen LogP contribution in [0.15, 0.2) is 35.1 Å². The quantitative estimate of drug-likeness (QED) is 0.329. The lowest BCUT2D eigenvalue weighted by Gasteiger charge is -2.26. The van der Waals surface area contributed by atoms with Crippen molar-refractivity contribution < 1.29 is 27.6 Å². The van der Waals surface area contributed by atoms with E-state index < -0.39 is 9.84 Å². The molecule has 4 aromatic heterocycles. The minimum absolute atomic E-state index is 0.0112. The molecule has 206 valence electrons. The number of amides is 1. The zero-order valence-corrected chi connectivity index (χ0v) is 22.5. The number of carbonyl (C=O) groups excluding carboxylic acids is 1. The van der Waals surface area contributed by atoms with Gasteiger partial charge in [-0.15, -0.1) is 10.2 Å². The van der Waals surface area contributed by atoms with E-state index in [0.717, 1.165) is 5.56 Å². The van der Waals surface area contributed by atoms with Crippen LogP contribution in [0.4, 0.5) is 0 Å². The van der Waals surface area contributed by atoms with E-state index in [-0.39, 0.29) is 54.9 Å². The number of hydrogen-bond donors (Lipinski definition) is 2. The number of aliphatic hydroxyl groups is 1. The Bertz CT molecular complexity index is 1590. The standard InChI is InChI=1S/C24H28N8O6S/c1-24(2,3)20-19-12-26-27-21(18-10-17(13-33)38-30-18)32(19)29-23(20)37-14-16-5-4-15(11-25-16)22(34)28-31-6-8-39(35,36)9-7-31/h4-5,10-12,33H,6-9,13-14H2,1-3H3,(H,28,34). The lowest BCUT2D eigenvalue weighted by molar-refractivity contribution is 0.0801. The molecule has 0 aliphatic carbocycles. The summed E-state index contributed by atoms with van der Waals surface area (Å²) in [7, 11) is -3.04. The SMILES string of the molecule is CC(C)(C)c1c(OCc2ccc(C(=O)NN3CCS(=O)(=O)CC3)cn2)nn2c(-c3cc(CO)on3)nncc12. The molecule has 0 aromatic carbocycles. The van der Waals surface area contributed by atoms with Crippen molar-refractivity contribution in [3.63, 3.8) is 0 Å². The van der Waals surface area contributed by atoms with Crippen LogP contribution in [0.5, 0.6) is 5.88 Å². The van der Waals surface area contributed by atoms with Crippen molar-refractivity contribution in [2.24, 2.45) is 0 Å². The first kappa shape index (κ1) is 26.6. The molecule has 4 aromatic rings. The van der Waals surface area contributed by atoms with Gasteiger partial charge < -0.3 is 14.4 Å². The third-order valence-electron chi connectivity index (χ3n) is 6.16. The number of sulfone groups is 1. The number of aliphatic hydroxyl groups excluding tert-OH is 1. The first-order chi connectivity index (χ1) is 18.5. The van der Waals surface area contributed by atoms with Gasteiger partial charge in [-0.2, -0.15) is 5.10 Å². The van der Waals surface area contributed by atoms with Crippen LogP contribution in [0.1, 0.15) is 48.1 Å². The topological polar surface area (TPSA) is 178 Å². The summed E-state index contributed by atoms with van der Waals surface area (Å²) in [4.78, 5) is 16.9. The highest BCUT2D eigenvalue weighted by atomic mass is 32.2. The second-order valence-electron chi connectivity index (χ2n) is 10.1. The Morgan fingerprint density at radius 1 is 1.21 bits per heavy atom. The van der Waals surface area contributed by atoms with Gasteiger partial charge in [-0.25, -0.2) is 17.9 Å².